The Balaban J connectivity index is 1.88. The monoisotopic (exact) mass is 414 g/mol. The molecular weight excluding hydrogens is 392 g/mol. The highest BCUT2D eigenvalue weighted by atomic mass is 32.1. The number of rotatable bonds is 4. The molecular formula is C24H22N2OSSi. The first kappa shape index (κ1) is 19.4. The summed E-state index contributed by atoms with van der Waals surface area (Å²) in [6, 6.07) is 27.2. The molecule has 0 atom stereocenters. The van der Waals surface area contributed by atoms with Crippen molar-refractivity contribution in [2.75, 3.05) is 0 Å². The minimum Gasteiger partial charge on any atom is -0.536 e. The minimum atomic E-state index is -1.98. The molecule has 3 nitrogen and oxygen atoms in total. The van der Waals surface area contributed by atoms with Crippen LogP contribution in [-0.2, 0) is 5.41 Å². The summed E-state index contributed by atoms with van der Waals surface area (Å²) in [7, 11) is -1.98. The van der Waals surface area contributed by atoms with Crippen LogP contribution in [0.25, 0.3) is 10.2 Å². The van der Waals surface area contributed by atoms with Crippen molar-refractivity contribution in [2.45, 2.75) is 26.2 Å². The van der Waals surface area contributed by atoms with E-state index >= 15 is 0 Å². The zero-order valence-corrected chi connectivity index (χ0v) is 18.7. The maximum atomic E-state index is 9.36. The van der Waals surface area contributed by atoms with Crippen molar-refractivity contribution in [1.82, 2.24) is 4.98 Å². The van der Waals surface area contributed by atoms with Crippen LogP contribution in [-0.4, -0.2) is 14.0 Å². The lowest BCUT2D eigenvalue weighted by Crippen LogP contribution is -2.47. The van der Waals surface area contributed by atoms with E-state index < -0.39 is 9.04 Å². The van der Waals surface area contributed by atoms with Crippen molar-refractivity contribution in [2.24, 2.45) is 0 Å². The predicted octanol–water partition coefficient (Wildman–Crippen LogP) is 4.38. The van der Waals surface area contributed by atoms with E-state index in [9.17, 15) is 5.26 Å². The summed E-state index contributed by atoms with van der Waals surface area (Å²) >= 11 is 1.42. The molecule has 0 saturated heterocycles. The molecule has 1 heterocycles. The van der Waals surface area contributed by atoms with E-state index in [1.54, 1.807) is 0 Å². The largest absolute Gasteiger partial charge is 0.536 e. The van der Waals surface area contributed by atoms with E-state index in [4.69, 9.17) is 4.43 Å². The molecule has 3 aromatic carbocycles. The predicted molar refractivity (Wildman–Crippen MR) is 123 cm³/mol. The quantitative estimate of drug-likeness (QED) is 0.466. The number of hydrogen-bond donors (Lipinski definition) is 0. The average molecular weight is 415 g/mol. The summed E-state index contributed by atoms with van der Waals surface area (Å²) in [5.41, 5.74) is 1.94. The van der Waals surface area contributed by atoms with Crippen LogP contribution in [0.5, 0.6) is 5.75 Å². The summed E-state index contributed by atoms with van der Waals surface area (Å²) in [6.07, 6.45) is 0. The summed E-state index contributed by atoms with van der Waals surface area (Å²) in [5, 5.41) is 12.3. The van der Waals surface area contributed by atoms with Crippen LogP contribution in [0, 0.1) is 11.3 Å². The zero-order chi connectivity index (χ0) is 20.4. The van der Waals surface area contributed by atoms with Crippen LogP contribution in [0.15, 0.2) is 72.8 Å². The lowest BCUT2D eigenvalue weighted by atomic mass is 9.87. The Bertz CT molecular complexity index is 1140. The fourth-order valence-electron chi connectivity index (χ4n) is 3.28. The summed E-state index contributed by atoms with van der Waals surface area (Å²) in [6.45, 7) is 6.56. The van der Waals surface area contributed by atoms with Gasteiger partial charge in [-0.1, -0.05) is 81.4 Å². The molecule has 4 aromatic rings. The maximum Gasteiger partial charge on any atom is 0.299 e. The lowest BCUT2D eigenvalue weighted by molar-refractivity contribution is 0.570. The van der Waals surface area contributed by atoms with Gasteiger partial charge in [0.25, 0.3) is 9.04 Å². The number of thiazole rings is 1. The van der Waals surface area contributed by atoms with Crippen LogP contribution in [0.4, 0.5) is 0 Å². The number of nitriles is 1. The molecule has 0 fully saturated rings. The first-order valence-electron chi connectivity index (χ1n) is 9.57. The Kier molecular flexibility index (Phi) is 5.23. The van der Waals surface area contributed by atoms with Gasteiger partial charge in [-0.3, -0.25) is 0 Å². The third-order valence-corrected chi connectivity index (χ3v) is 8.25. The highest BCUT2D eigenvalue weighted by molar-refractivity contribution is 7.19. The van der Waals surface area contributed by atoms with E-state index in [1.807, 2.05) is 12.1 Å². The molecule has 5 heteroatoms. The van der Waals surface area contributed by atoms with Crippen molar-refractivity contribution >= 4 is 41.0 Å². The van der Waals surface area contributed by atoms with Crippen LogP contribution >= 0.6 is 11.3 Å². The highest BCUT2D eigenvalue weighted by Gasteiger charge is 2.24. The third-order valence-electron chi connectivity index (χ3n) is 4.87. The van der Waals surface area contributed by atoms with Gasteiger partial charge in [-0.25, -0.2) is 4.98 Å². The average Bonchev–Trinajstić information content (AvgIpc) is 3.16. The number of aromatic nitrogens is 1. The molecule has 144 valence electrons. The highest BCUT2D eigenvalue weighted by Crippen LogP contribution is 2.36. The van der Waals surface area contributed by atoms with Crippen LogP contribution in [0.3, 0.4) is 0 Å². The van der Waals surface area contributed by atoms with Crippen molar-refractivity contribution in [3.05, 3.63) is 83.4 Å². The molecule has 0 radical (unpaired) electrons. The third kappa shape index (κ3) is 4.09. The van der Waals surface area contributed by atoms with E-state index in [-0.39, 0.29) is 5.41 Å². The first-order valence-corrected chi connectivity index (χ1v) is 12.0. The fourth-order valence-corrected chi connectivity index (χ4v) is 6.33. The zero-order valence-electron chi connectivity index (χ0n) is 16.7. The summed E-state index contributed by atoms with van der Waals surface area (Å²) in [5.74, 6) is 0.773. The van der Waals surface area contributed by atoms with Crippen LogP contribution in [0.1, 0.15) is 31.3 Å². The van der Waals surface area contributed by atoms with Crippen LogP contribution in [0.2, 0.25) is 0 Å². The van der Waals surface area contributed by atoms with Crippen molar-refractivity contribution < 1.29 is 4.43 Å². The molecule has 4 rings (SSSR count). The van der Waals surface area contributed by atoms with Crippen molar-refractivity contribution in [3.8, 4) is 11.8 Å². The molecule has 29 heavy (non-hydrogen) atoms. The van der Waals surface area contributed by atoms with E-state index in [1.165, 1.54) is 27.3 Å². The Morgan fingerprint density at radius 1 is 0.931 bits per heavy atom. The number of hydrogen-bond acceptors (Lipinski definition) is 4. The van der Waals surface area contributed by atoms with Gasteiger partial charge >= 0.3 is 0 Å². The molecule has 0 N–H and O–H groups in total. The fraction of sp³-hybridized carbons (Fsp3) is 0.167. The molecule has 0 bridgehead atoms. The molecule has 0 unspecified atom stereocenters. The molecule has 0 aliphatic rings. The molecule has 0 amide bonds. The molecule has 1 aromatic heterocycles. The Labute approximate surface area is 177 Å². The van der Waals surface area contributed by atoms with E-state index in [2.05, 4.69) is 92.5 Å². The number of nitrogens with zero attached hydrogens (tertiary/aromatic N) is 2. The van der Waals surface area contributed by atoms with Gasteiger partial charge in [0.2, 0.25) is 0 Å². The van der Waals surface area contributed by atoms with Gasteiger partial charge in [-0.05, 0) is 33.5 Å². The Morgan fingerprint density at radius 3 is 2.03 bits per heavy atom. The van der Waals surface area contributed by atoms with Gasteiger partial charge in [0.05, 0.1) is 4.70 Å². The smallest absolute Gasteiger partial charge is 0.299 e. The topological polar surface area (TPSA) is 45.9 Å². The minimum absolute atomic E-state index is 0.0281. The SMILES string of the molecule is CC(C)(C)c1cc(O[SiH](c2ccccc2)c2ccccc2)c2nc(C#N)sc2c1. The molecule has 0 saturated carbocycles. The molecule has 0 aliphatic carbocycles. The Morgan fingerprint density at radius 2 is 1.52 bits per heavy atom. The Hall–Kier alpha value is -2.94. The first-order chi connectivity index (χ1) is 14.0. The second-order valence-corrected chi connectivity index (χ2v) is 11.4. The normalized spacial score (nSPS) is 11.6. The van der Waals surface area contributed by atoms with Gasteiger partial charge in [0, 0.05) is 0 Å². The summed E-state index contributed by atoms with van der Waals surface area (Å²) < 4.78 is 7.77. The molecule has 0 spiro atoms. The number of benzene rings is 3. The van der Waals surface area contributed by atoms with Gasteiger partial charge in [0.15, 0.2) is 5.01 Å². The maximum absolute atomic E-state index is 9.36. The molecule has 0 aliphatic heterocycles. The second-order valence-electron chi connectivity index (χ2n) is 8.02. The second kappa shape index (κ2) is 7.82. The van der Waals surface area contributed by atoms with Gasteiger partial charge in [-0.2, -0.15) is 5.26 Å². The van der Waals surface area contributed by atoms with E-state index in [0.29, 0.717) is 5.01 Å². The van der Waals surface area contributed by atoms with Gasteiger partial charge in [-0.15, -0.1) is 11.3 Å². The van der Waals surface area contributed by atoms with Crippen molar-refractivity contribution in [3.63, 3.8) is 0 Å². The summed E-state index contributed by atoms with van der Waals surface area (Å²) in [4.78, 5) is 4.55. The van der Waals surface area contributed by atoms with Gasteiger partial charge < -0.3 is 4.43 Å². The van der Waals surface area contributed by atoms with Crippen LogP contribution < -0.4 is 14.8 Å². The number of fused-ring (bicyclic) bond motifs is 1. The van der Waals surface area contributed by atoms with E-state index in [0.717, 1.165) is 16.0 Å². The van der Waals surface area contributed by atoms with Gasteiger partial charge in [0.1, 0.15) is 17.3 Å². The lowest BCUT2D eigenvalue weighted by Gasteiger charge is -2.23. The standard InChI is InChI=1S/C24H22N2OSSi/c1-24(2,3)17-14-20(23-21(15-17)28-22(16-25)26-23)27-29(18-10-6-4-7-11-18)19-12-8-5-9-13-19/h4-15,29H,1-3H3. The van der Waals surface area contributed by atoms with Crippen molar-refractivity contribution in [1.29, 1.82) is 5.26 Å².